The van der Waals surface area contributed by atoms with Gasteiger partial charge in [0, 0.05) is 112 Å². The summed E-state index contributed by atoms with van der Waals surface area (Å²) in [4.78, 5) is 203. The highest BCUT2D eigenvalue weighted by Crippen LogP contribution is 2.27. The summed E-state index contributed by atoms with van der Waals surface area (Å²) in [7, 11) is 5.42. The average molecular weight is 1880 g/mol. The number of benzene rings is 1. The van der Waals surface area contributed by atoms with Crippen molar-refractivity contribution >= 4 is 133 Å². The summed E-state index contributed by atoms with van der Waals surface area (Å²) in [5.41, 5.74) is 23.0. The van der Waals surface area contributed by atoms with E-state index in [0.29, 0.717) is 129 Å². The van der Waals surface area contributed by atoms with E-state index in [4.69, 9.17) is 55.1 Å². The Bertz CT molecular complexity index is 4090. The summed E-state index contributed by atoms with van der Waals surface area (Å²) >= 11 is 0. The lowest BCUT2D eigenvalue weighted by Gasteiger charge is -2.27. The summed E-state index contributed by atoms with van der Waals surface area (Å²) in [6, 6.07) is -3.38. The number of hydrazine groups is 1. The lowest BCUT2D eigenvalue weighted by Crippen LogP contribution is -2.57. The predicted molar refractivity (Wildman–Crippen MR) is 473 cm³/mol. The number of anilines is 1. The van der Waals surface area contributed by atoms with Gasteiger partial charge in [0.2, 0.25) is 70.9 Å². The fourth-order valence-corrected chi connectivity index (χ4v) is 15.1. The number of aliphatic carboxylic acids is 3. The Hall–Kier alpha value is -10.5. The van der Waals surface area contributed by atoms with E-state index in [-0.39, 0.29) is 146 Å². The molecule has 1 aromatic carbocycles. The van der Waals surface area contributed by atoms with Crippen LogP contribution in [0, 0.1) is 0 Å². The fraction of sp³-hybridized carbons (Fsp3) is 0.675. The molecule has 130 heavy (non-hydrogen) atoms. The van der Waals surface area contributed by atoms with Crippen LogP contribution in [0.4, 0.5) is 5.69 Å². The molecule has 0 spiro atoms. The first kappa shape index (κ1) is 110. The third-order valence-corrected chi connectivity index (χ3v) is 22.0. The van der Waals surface area contributed by atoms with Gasteiger partial charge in [0.25, 0.3) is 0 Å². The molecule has 7 atom stereocenters. The maximum Gasteiger partial charge on any atom is 0.327 e. The number of nitrogens with zero attached hydrogens (tertiary/aromatic N) is 7. The highest BCUT2D eigenvalue weighted by molar-refractivity contribution is 8.76. The number of rotatable bonds is 57. The van der Waals surface area contributed by atoms with Gasteiger partial charge in [0.15, 0.2) is 5.96 Å². The number of guanidine groups is 1. The van der Waals surface area contributed by atoms with E-state index in [9.17, 15) is 87.2 Å². The number of aryl methyl sites for hydroxylation is 3. The fourth-order valence-electron chi connectivity index (χ4n) is 12.7. The van der Waals surface area contributed by atoms with Crippen LogP contribution in [-0.2, 0) is 136 Å². The van der Waals surface area contributed by atoms with Crippen molar-refractivity contribution in [2.45, 2.75) is 172 Å². The monoisotopic (exact) mass is 1880 g/mol. The molecule has 1 unspecified atom stereocenters. The minimum Gasteiger partial charge on any atom is -0.481 e. The quantitative estimate of drug-likeness (QED) is 0.00832. The molecular weight excluding hydrogens is 1750 g/mol. The molecule has 0 radical (unpaired) electrons. The number of carbonyl (C=O) groups excluding carboxylic acids is 12. The van der Waals surface area contributed by atoms with E-state index >= 15 is 0 Å². The number of unbranched alkanes of at least 4 members (excludes halogenated alkanes) is 2. The number of carbonyl (C=O) groups is 15. The highest BCUT2D eigenvalue weighted by atomic mass is 33.1. The number of amides is 12. The molecule has 728 valence electrons. The molecule has 3 aromatic rings. The predicted octanol–water partition coefficient (Wildman–Crippen LogP) is -4.55. The summed E-state index contributed by atoms with van der Waals surface area (Å²) in [5, 5.41) is 68.6. The van der Waals surface area contributed by atoms with Crippen molar-refractivity contribution in [3.8, 4) is 0 Å². The van der Waals surface area contributed by atoms with E-state index in [1.165, 1.54) is 0 Å². The van der Waals surface area contributed by atoms with Gasteiger partial charge in [0.05, 0.1) is 150 Å². The molecule has 4 heterocycles. The SMILES string of the molecule is CCCCNC(=O)CCn1c(CN(C)NC)cc2cc(NC(=O)CCn3cc(CCC(=O)NCCOCCOCCOCCOCCOCCOCCOCCOCCC(=O)N[C@H]4CSSC[C@@H](C(=O)O)NC(=O)[C@H](CC(=O)O)NC(=O)C5CCCN5C(=O)CNC(=O)[C@H](CCCCN)NC(=O)[C@H](CC(=O)O)NC(=O)CNC(=O)[C@H](CCCN=C(N)N)NC4=O)nn3)ccc21. The topological polar surface area (TPSA) is 667 Å². The molecule has 48 nitrogen and oxygen atoms in total. The number of aliphatic imine (C=N–C) groups is 1. The minimum atomic E-state index is -1.87. The van der Waals surface area contributed by atoms with Crippen LogP contribution in [0.2, 0.25) is 0 Å². The minimum absolute atomic E-state index is 0.00970. The molecule has 2 aliphatic heterocycles. The van der Waals surface area contributed by atoms with E-state index < -0.39 is 145 Å². The zero-order chi connectivity index (χ0) is 94.8. The Morgan fingerprint density at radius 2 is 1.15 bits per heavy atom. The van der Waals surface area contributed by atoms with Crippen LogP contribution in [0.1, 0.15) is 115 Å². The second-order valence-electron chi connectivity index (χ2n) is 29.9. The van der Waals surface area contributed by atoms with Crippen molar-refractivity contribution < 1.29 is 125 Å². The highest BCUT2D eigenvalue weighted by Gasteiger charge is 2.39. The van der Waals surface area contributed by atoms with Crippen molar-refractivity contribution in [1.82, 2.24) is 88.1 Å². The molecule has 0 saturated carbocycles. The Labute approximate surface area is 760 Å². The van der Waals surface area contributed by atoms with Gasteiger partial charge in [-0.05, 0) is 89.2 Å². The van der Waals surface area contributed by atoms with Gasteiger partial charge in [-0.25, -0.2) is 9.80 Å². The number of carboxylic acid groups (broad SMARTS) is 3. The first-order chi connectivity index (χ1) is 62.6. The smallest absolute Gasteiger partial charge is 0.327 e. The standard InChI is InChI=1S/C80H130N22O26S2/c1-4-5-21-85-66(104)18-26-101-56(50-99(3)84-2)44-53-43-54(13-15-63(53)101)90-67(105)17-25-100-49-55(97-98-100)14-16-65(103)86-23-28-122-30-32-124-34-36-126-38-40-128-42-41-127-39-37-125-35-33-123-31-29-121-27-19-68(106)92-61-51-129-130-52-62(79(119)120)96-76(116)60(46-72(111)112)95-78(118)64-12-9-24-102(64)70(108)48-89-74(114)57(10-6-7-20-81)93-75(115)59(45-71(109)110)91-69(107)47-88-73(113)58(94-77(61)117)11-8-22-87-80(82)83/h13,15,43-44,49,57-62,64,84H,4-12,14,16-42,45-48,50-52,81H2,1-3H3,(H,85,104)(H,86,103)(H,88,113)(H,89,114)(H,90,105)(H,91,107)(H,92,106)(H,93,115)(H,94,117)(H,95,118)(H,96,116)(H,109,110)(H,111,112)(H,119,120)(H4,82,83,87)/t57-,58-,59-,60-,61-,62-,64?/m0/s1. The van der Waals surface area contributed by atoms with E-state index in [0.717, 1.165) is 55.9 Å². The normalized spacial score (nSPS) is 18.5. The van der Waals surface area contributed by atoms with Gasteiger partial charge in [-0.15, -0.1) is 5.10 Å². The number of nitrogens with two attached hydrogens (primary N) is 3. The number of aromatic nitrogens is 4. The van der Waals surface area contributed by atoms with Gasteiger partial charge in [-0.2, -0.15) is 0 Å². The van der Waals surface area contributed by atoms with Crippen LogP contribution in [-0.4, -0.2) is 359 Å². The molecule has 2 saturated heterocycles. The zero-order valence-electron chi connectivity index (χ0n) is 74.0. The summed E-state index contributed by atoms with van der Waals surface area (Å²) < 4.78 is 48.2. The van der Waals surface area contributed by atoms with E-state index in [1.54, 1.807) is 10.9 Å². The number of hydrogen-bond acceptors (Lipinski definition) is 31. The van der Waals surface area contributed by atoms with E-state index in [1.807, 2.05) is 37.3 Å². The van der Waals surface area contributed by atoms with Gasteiger partial charge in [-0.3, -0.25) is 82.2 Å². The third-order valence-electron chi connectivity index (χ3n) is 19.6. The molecule has 2 fully saturated rings. The van der Waals surface area contributed by atoms with Crippen LogP contribution in [0.15, 0.2) is 35.5 Å². The van der Waals surface area contributed by atoms with Crippen molar-refractivity contribution in [3.05, 3.63) is 41.9 Å². The summed E-state index contributed by atoms with van der Waals surface area (Å²) in [6.07, 6.45) is 3.01. The van der Waals surface area contributed by atoms with E-state index in [2.05, 4.69) is 96.8 Å². The molecule has 50 heteroatoms. The van der Waals surface area contributed by atoms with Crippen LogP contribution < -0.4 is 81.1 Å². The molecule has 12 amide bonds. The number of ether oxygens (including phenoxy) is 8. The largest absolute Gasteiger partial charge is 0.481 e. The van der Waals surface area contributed by atoms with Gasteiger partial charge in [0.1, 0.15) is 42.3 Å². The van der Waals surface area contributed by atoms with Crippen molar-refractivity contribution in [3.63, 3.8) is 0 Å². The Kier molecular flexibility index (Phi) is 54.4. The van der Waals surface area contributed by atoms with Gasteiger partial charge in [-0.1, -0.05) is 40.1 Å². The molecular formula is C80H130N22O26S2. The van der Waals surface area contributed by atoms with Crippen molar-refractivity contribution in [2.75, 3.05) is 182 Å². The average Bonchev–Trinajstić information content (AvgIpc) is 1.64. The molecule has 5 rings (SSSR count). The lowest BCUT2D eigenvalue weighted by molar-refractivity contribution is -0.144. The van der Waals surface area contributed by atoms with Gasteiger partial charge < -0.3 is 138 Å². The summed E-state index contributed by atoms with van der Waals surface area (Å²) in [6.45, 7) is 6.91. The molecule has 0 aliphatic carbocycles. The Morgan fingerprint density at radius 3 is 1.75 bits per heavy atom. The number of hydrogen-bond donors (Lipinski definition) is 18. The number of carboxylic acids is 3. The van der Waals surface area contributed by atoms with Crippen LogP contribution in [0.5, 0.6) is 0 Å². The second-order valence-corrected chi connectivity index (χ2v) is 32.4. The molecule has 21 N–H and O–H groups in total. The van der Waals surface area contributed by atoms with Gasteiger partial charge >= 0.3 is 17.9 Å². The van der Waals surface area contributed by atoms with Crippen LogP contribution in [0.3, 0.4) is 0 Å². The first-order valence-electron chi connectivity index (χ1n) is 43.2. The maximum absolute atomic E-state index is 14.2. The lowest BCUT2D eigenvalue weighted by atomic mass is 10.1. The summed E-state index contributed by atoms with van der Waals surface area (Å²) in [5.74, 6) is -15.0. The van der Waals surface area contributed by atoms with Crippen molar-refractivity contribution in [2.24, 2.45) is 22.2 Å². The first-order valence-corrected chi connectivity index (χ1v) is 45.7. The van der Waals surface area contributed by atoms with Crippen LogP contribution >= 0.6 is 21.6 Å². The molecule has 0 bridgehead atoms. The zero-order valence-corrected chi connectivity index (χ0v) is 75.6. The molecule has 2 aliphatic rings. The second kappa shape index (κ2) is 64.3. The van der Waals surface area contributed by atoms with Crippen molar-refractivity contribution in [1.29, 1.82) is 0 Å². The number of fused-ring (bicyclic) bond motifs is 2. The number of nitrogens with one attached hydrogen (secondary N) is 12. The van der Waals surface area contributed by atoms with Crippen LogP contribution in [0.25, 0.3) is 10.9 Å². The molecule has 2 aromatic heterocycles. The third kappa shape index (κ3) is 45.8. The maximum atomic E-state index is 14.2. The Balaban J connectivity index is 0.946. The Morgan fingerprint density at radius 1 is 0.592 bits per heavy atom.